The lowest BCUT2D eigenvalue weighted by molar-refractivity contribution is -0.216. The quantitative estimate of drug-likeness (QED) is 0.585. The molecule has 0 aliphatic carbocycles. The second-order valence-electron chi connectivity index (χ2n) is 5.09. The fourth-order valence-electron chi connectivity index (χ4n) is 1.34. The number of hydrogen-bond donors (Lipinski definition) is 0. The van der Waals surface area contributed by atoms with Gasteiger partial charge in [-0.1, -0.05) is 36.4 Å². The summed E-state index contributed by atoms with van der Waals surface area (Å²) in [4.78, 5) is 0. The van der Waals surface area contributed by atoms with Crippen molar-refractivity contribution in [3.63, 3.8) is 0 Å². The van der Waals surface area contributed by atoms with Crippen molar-refractivity contribution in [2.75, 3.05) is 26.4 Å². The van der Waals surface area contributed by atoms with Crippen LogP contribution in [0.2, 0.25) is 0 Å². The van der Waals surface area contributed by atoms with Crippen LogP contribution in [0.3, 0.4) is 0 Å². The second kappa shape index (κ2) is 7.01. The van der Waals surface area contributed by atoms with E-state index in [9.17, 15) is 0 Å². The lowest BCUT2D eigenvalue weighted by Gasteiger charge is -2.24. The van der Waals surface area contributed by atoms with Gasteiger partial charge in [-0.05, 0) is 13.8 Å². The zero-order valence-electron chi connectivity index (χ0n) is 11.6. The Bertz CT molecular complexity index is 300. The highest BCUT2D eigenvalue weighted by molar-refractivity contribution is 4.99. The van der Waals surface area contributed by atoms with Crippen LogP contribution < -0.4 is 0 Å². The fourth-order valence-corrected chi connectivity index (χ4v) is 1.34. The molecule has 2 unspecified atom stereocenters. The van der Waals surface area contributed by atoms with E-state index < -0.39 is 5.79 Å². The molecule has 2 aliphatic rings. The molecule has 2 atom stereocenters. The average Bonchev–Trinajstić information content (AvgIpc) is 3.31. The first kappa shape index (κ1) is 14.5. The maximum Gasteiger partial charge on any atom is 0.163 e. The normalized spacial score (nSPS) is 24.3. The van der Waals surface area contributed by atoms with Crippen LogP contribution in [0, 0.1) is 0 Å². The molecule has 0 radical (unpaired) electrons. The van der Waals surface area contributed by atoms with Crippen molar-refractivity contribution in [3.05, 3.63) is 36.4 Å². The van der Waals surface area contributed by atoms with Crippen LogP contribution in [0.1, 0.15) is 13.8 Å². The Hall–Kier alpha value is -0.940. The van der Waals surface area contributed by atoms with Gasteiger partial charge in [0, 0.05) is 0 Å². The largest absolute Gasteiger partial charge is 0.371 e. The van der Waals surface area contributed by atoms with Gasteiger partial charge in [-0.3, -0.25) is 0 Å². The topological polar surface area (TPSA) is 43.5 Å². The van der Waals surface area contributed by atoms with Crippen LogP contribution in [0.4, 0.5) is 0 Å². The monoisotopic (exact) mass is 266 g/mol. The lowest BCUT2D eigenvalue weighted by atomic mass is 10.3. The van der Waals surface area contributed by atoms with E-state index in [1.807, 2.05) is 50.2 Å². The van der Waals surface area contributed by atoms with Crippen molar-refractivity contribution in [2.45, 2.75) is 31.8 Å². The summed E-state index contributed by atoms with van der Waals surface area (Å²) < 4.78 is 21.1. The Morgan fingerprint density at radius 3 is 1.42 bits per heavy atom. The van der Waals surface area contributed by atoms with Crippen LogP contribution in [-0.2, 0) is 18.9 Å². The van der Waals surface area contributed by atoms with Gasteiger partial charge in [0.25, 0.3) is 0 Å². The molecule has 4 heteroatoms. The Morgan fingerprint density at radius 2 is 1.16 bits per heavy atom. The van der Waals surface area contributed by atoms with Gasteiger partial charge in [-0.2, -0.15) is 0 Å². The van der Waals surface area contributed by atoms with E-state index in [2.05, 4.69) is 0 Å². The minimum absolute atomic E-state index is 0.292. The van der Waals surface area contributed by atoms with Gasteiger partial charge in [-0.15, -0.1) is 0 Å². The van der Waals surface area contributed by atoms with Crippen LogP contribution in [0.25, 0.3) is 0 Å². The van der Waals surface area contributed by atoms with Crippen molar-refractivity contribution in [1.82, 2.24) is 0 Å². The highest BCUT2D eigenvalue weighted by Crippen LogP contribution is 2.19. The molecule has 0 saturated carbocycles. The summed E-state index contributed by atoms with van der Waals surface area (Å²) in [5.74, 6) is -0.516. The summed E-state index contributed by atoms with van der Waals surface area (Å²) in [5, 5.41) is 0. The third-order valence-corrected chi connectivity index (χ3v) is 2.71. The first-order valence-corrected chi connectivity index (χ1v) is 6.67. The summed E-state index contributed by atoms with van der Waals surface area (Å²) >= 11 is 0. The third-order valence-electron chi connectivity index (χ3n) is 2.71. The predicted molar refractivity (Wildman–Crippen MR) is 71.9 cm³/mol. The summed E-state index contributed by atoms with van der Waals surface area (Å²) in [6, 6.07) is 12.0. The molecule has 2 aliphatic heterocycles. The Kier molecular flexibility index (Phi) is 5.34. The summed E-state index contributed by atoms with van der Waals surface area (Å²) in [6.45, 7) is 6.72. The van der Waals surface area contributed by atoms with E-state index >= 15 is 0 Å². The van der Waals surface area contributed by atoms with E-state index in [0.717, 1.165) is 13.2 Å². The first-order chi connectivity index (χ1) is 9.16. The molecule has 2 saturated heterocycles. The average molecular weight is 266 g/mol. The Morgan fingerprint density at radius 1 is 0.842 bits per heavy atom. The summed E-state index contributed by atoms with van der Waals surface area (Å²) in [6.07, 6.45) is 0.583. The molecular weight excluding hydrogens is 244 g/mol. The second-order valence-corrected chi connectivity index (χ2v) is 5.09. The van der Waals surface area contributed by atoms with Crippen LogP contribution in [-0.4, -0.2) is 44.4 Å². The van der Waals surface area contributed by atoms with Gasteiger partial charge in [0.1, 0.15) is 12.2 Å². The number of epoxide rings is 2. The van der Waals surface area contributed by atoms with Crippen LogP contribution in [0.5, 0.6) is 0 Å². The minimum atomic E-state index is -0.516. The molecule has 106 valence electrons. The molecule has 2 heterocycles. The Balaban J connectivity index is 0.000000186. The van der Waals surface area contributed by atoms with Crippen molar-refractivity contribution in [3.8, 4) is 0 Å². The minimum Gasteiger partial charge on any atom is -0.371 e. The predicted octanol–water partition coefficient (Wildman–Crippen LogP) is 2.24. The standard InChI is InChI=1S/C9H16O4.C6H6/c1-9(2,12-5-7-3-10-7)13-6-8-4-11-8;1-2-4-6-5-3-1/h7-8H,3-6H2,1-2H3;1-6H. The molecular formula is C15H22O4. The Labute approximate surface area is 114 Å². The summed E-state index contributed by atoms with van der Waals surface area (Å²) in [5.41, 5.74) is 0. The number of rotatable bonds is 6. The number of benzene rings is 1. The van der Waals surface area contributed by atoms with Gasteiger partial charge in [0.2, 0.25) is 0 Å². The number of ether oxygens (including phenoxy) is 4. The zero-order valence-corrected chi connectivity index (χ0v) is 11.6. The molecule has 0 spiro atoms. The van der Waals surface area contributed by atoms with Gasteiger partial charge in [0.05, 0.1) is 26.4 Å². The lowest BCUT2D eigenvalue weighted by Crippen LogP contribution is -2.31. The van der Waals surface area contributed by atoms with Crippen molar-refractivity contribution < 1.29 is 18.9 Å². The maximum atomic E-state index is 5.53. The van der Waals surface area contributed by atoms with Crippen LogP contribution in [0.15, 0.2) is 36.4 Å². The highest BCUT2D eigenvalue weighted by Gasteiger charge is 2.30. The zero-order chi connectivity index (χ0) is 13.6. The van der Waals surface area contributed by atoms with E-state index in [1.54, 1.807) is 0 Å². The fraction of sp³-hybridized carbons (Fsp3) is 0.600. The van der Waals surface area contributed by atoms with E-state index in [-0.39, 0.29) is 0 Å². The van der Waals surface area contributed by atoms with Crippen molar-refractivity contribution in [2.24, 2.45) is 0 Å². The van der Waals surface area contributed by atoms with Crippen molar-refractivity contribution >= 4 is 0 Å². The first-order valence-electron chi connectivity index (χ1n) is 6.67. The van der Waals surface area contributed by atoms with Gasteiger partial charge < -0.3 is 18.9 Å². The molecule has 0 bridgehead atoms. The van der Waals surface area contributed by atoms with Gasteiger partial charge >= 0.3 is 0 Å². The van der Waals surface area contributed by atoms with E-state index in [0.29, 0.717) is 25.4 Å². The van der Waals surface area contributed by atoms with Gasteiger partial charge in [-0.25, -0.2) is 0 Å². The summed E-state index contributed by atoms with van der Waals surface area (Å²) in [7, 11) is 0. The number of hydrogen-bond acceptors (Lipinski definition) is 4. The molecule has 19 heavy (non-hydrogen) atoms. The molecule has 4 nitrogen and oxygen atoms in total. The molecule has 2 fully saturated rings. The van der Waals surface area contributed by atoms with E-state index in [4.69, 9.17) is 18.9 Å². The van der Waals surface area contributed by atoms with Crippen molar-refractivity contribution in [1.29, 1.82) is 0 Å². The highest BCUT2D eigenvalue weighted by atomic mass is 16.7. The van der Waals surface area contributed by atoms with Gasteiger partial charge in [0.15, 0.2) is 5.79 Å². The molecule has 3 rings (SSSR count). The maximum absolute atomic E-state index is 5.53. The molecule has 1 aromatic rings. The van der Waals surface area contributed by atoms with Crippen LogP contribution >= 0.6 is 0 Å². The molecule has 0 amide bonds. The van der Waals surface area contributed by atoms with E-state index in [1.165, 1.54) is 0 Å². The molecule has 0 aromatic heterocycles. The SMILES string of the molecule is CC(C)(OCC1CO1)OCC1CO1.c1ccccc1. The smallest absolute Gasteiger partial charge is 0.163 e. The third kappa shape index (κ3) is 7.28. The molecule has 0 N–H and O–H groups in total. The molecule has 1 aromatic carbocycles.